The molecular weight excluding hydrogens is 284 g/mol. The number of rotatable bonds is 3. The van der Waals surface area contributed by atoms with Gasteiger partial charge in [-0.1, -0.05) is 17.8 Å². The minimum absolute atomic E-state index is 0.0347. The normalized spacial score (nSPS) is 14.2. The SMILES string of the molecule is O=C(Nc1ccnc(Sc2ccccn2)c1)N1CCCC1. The molecule has 0 saturated carbocycles. The van der Waals surface area contributed by atoms with Gasteiger partial charge in [0.25, 0.3) is 0 Å². The fraction of sp³-hybridized carbons (Fsp3) is 0.267. The molecule has 108 valence electrons. The number of amides is 2. The van der Waals surface area contributed by atoms with Crippen molar-refractivity contribution in [1.29, 1.82) is 0 Å². The van der Waals surface area contributed by atoms with E-state index in [9.17, 15) is 4.79 Å². The number of likely N-dealkylation sites (tertiary alicyclic amines) is 1. The second-order valence-electron chi connectivity index (χ2n) is 4.78. The molecule has 0 atom stereocenters. The van der Waals surface area contributed by atoms with Crippen LogP contribution in [-0.2, 0) is 0 Å². The van der Waals surface area contributed by atoms with E-state index >= 15 is 0 Å². The molecule has 1 aliphatic rings. The van der Waals surface area contributed by atoms with Crippen LogP contribution in [0.3, 0.4) is 0 Å². The molecule has 2 aromatic heterocycles. The van der Waals surface area contributed by atoms with Crippen LogP contribution in [0, 0.1) is 0 Å². The van der Waals surface area contributed by atoms with E-state index in [1.165, 1.54) is 11.8 Å². The topological polar surface area (TPSA) is 58.1 Å². The van der Waals surface area contributed by atoms with Gasteiger partial charge in [-0.15, -0.1) is 0 Å². The maximum Gasteiger partial charge on any atom is 0.321 e. The zero-order valence-corrected chi connectivity index (χ0v) is 12.3. The van der Waals surface area contributed by atoms with Gasteiger partial charge in [0.05, 0.1) is 0 Å². The van der Waals surface area contributed by atoms with Crippen LogP contribution in [0.1, 0.15) is 12.8 Å². The van der Waals surface area contributed by atoms with Crippen molar-refractivity contribution in [2.45, 2.75) is 22.9 Å². The van der Waals surface area contributed by atoms with Crippen LogP contribution in [-0.4, -0.2) is 34.0 Å². The van der Waals surface area contributed by atoms with Crippen molar-refractivity contribution in [2.75, 3.05) is 18.4 Å². The lowest BCUT2D eigenvalue weighted by atomic mass is 10.4. The number of nitrogens with zero attached hydrogens (tertiary/aromatic N) is 3. The Morgan fingerprint density at radius 3 is 2.67 bits per heavy atom. The molecule has 0 aromatic carbocycles. The Kier molecular flexibility index (Phi) is 4.35. The minimum atomic E-state index is -0.0347. The zero-order chi connectivity index (χ0) is 14.5. The second kappa shape index (κ2) is 6.58. The molecule has 3 rings (SSSR count). The first kappa shape index (κ1) is 13.9. The lowest BCUT2D eigenvalue weighted by Gasteiger charge is -2.16. The first-order valence-corrected chi connectivity index (χ1v) is 7.74. The van der Waals surface area contributed by atoms with Crippen LogP contribution in [0.2, 0.25) is 0 Å². The molecule has 0 aliphatic carbocycles. The molecule has 1 aliphatic heterocycles. The second-order valence-corrected chi connectivity index (χ2v) is 5.82. The van der Waals surface area contributed by atoms with E-state index < -0.39 is 0 Å². The fourth-order valence-electron chi connectivity index (χ4n) is 2.18. The van der Waals surface area contributed by atoms with Gasteiger partial charge in [0.2, 0.25) is 0 Å². The van der Waals surface area contributed by atoms with E-state index in [1.54, 1.807) is 18.5 Å². The van der Waals surface area contributed by atoms with Crippen LogP contribution in [0.5, 0.6) is 0 Å². The number of carbonyl (C=O) groups is 1. The van der Waals surface area contributed by atoms with Crippen molar-refractivity contribution < 1.29 is 4.79 Å². The first-order chi connectivity index (χ1) is 10.3. The largest absolute Gasteiger partial charge is 0.325 e. The third kappa shape index (κ3) is 3.72. The summed E-state index contributed by atoms with van der Waals surface area (Å²) in [6, 6.07) is 9.39. The highest BCUT2D eigenvalue weighted by Crippen LogP contribution is 2.25. The summed E-state index contributed by atoms with van der Waals surface area (Å²) in [6.07, 6.45) is 5.63. The van der Waals surface area contributed by atoms with Crippen LogP contribution in [0.25, 0.3) is 0 Å². The Morgan fingerprint density at radius 1 is 1.10 bits per heavy atom. The number of hydrogen-bond acceptors (Lipinski definition) is 4. The van der Waals surface area contributed by atoms with Crippen LogP contribution in [0.4, 0.5) is 10.5 Å². The molecule has 0 bridgehead atoms. The Morgan fingerprint density at radius 2 is 1.90 bits per heavy atom. The van der Waals surface area contributed by atoms with Crippen molar-refractivity contribution in [1.82, 2.24) is 14.9 Å². The number of hydrogen-bond donors (Lipinski definition) is 1. The fourth-order valence-corrected chi connectivity index (χ4v) is 2.95. The summed E-state index contributed by atoms with van der Waals surface area (Å²) in [6.45, 7) is 1.68. The van der Waals surface area contributed by atoms with E-state index in [2.05, 4.69) is 15.3 Å². The number of urea groups is 1. The van der Waals surface area contributed by atoms with Gasteiger partial charge in [-0.3, -0.25) is 0 Å². The maximum absolute atomic E-state index is 12.1. The van der Waals surface area contributed by atoms with Gasteiger partial charge in [-0.25, -0.2) is 14.8 Å². The number of carbonyl (C=O) groups excluding carboxylic acids is 1. The van der Waals surface area contributed by atoms with Crippen molar-refractivity contribution in [2.24, 2.45) is 0 Å². The average molecular weight is 300 g/mol. The Hall–Kier alpha value is -2.08. The van der Waals surface area contributed by atoms with Crippen molar-refractivity contribution in [3.05, 3.63) is 42.7 Å². The van der Waals surface area contributed by atoms with Gasteiger partial charge in [0.15, 0.2) is 0 Å². The Labute approximate surface area is 127 Å². The average Bonchev–Trinajstić information content (AvgIpc) is 3.03. The lowest BCUT2D eigenvalue weighted by Crippen LogP contribution is -2.32. The molecule has 0 radical (unpaired) electrons. The minimum Gasteiger partial charge on any atom is -0.325 e. The number of aromatic nitrogens is 2. The van der Waals surface area contributed by atoms with E-state index in [0.717, 1.165) is 41.7 Å². The number of anilines is 1. The summed E-state index contributed by atoms with van der Waals surface area (Å²) in [5, 5.41) is 4.62. The van der Waals surface area contributed by atoms with Gasteiger partial charge in [-0.2, -0.15) is 0 Å². The van der Waals surface area contributed by atoms with Gasteiger partial charge >= 0.3 is 6.03 Å². The van der Waals surface area contributed by atoms with Crippen molar-refractivity contribution >= 4 is 23.5 Å². The molecular formula is C15H16N4OS. The van der Waals surface area contributed by atoms with Crippen LogP contribution < -0.4 is 5.32 Å². The van der Waals surface area contributed by atoms with Gasteiger partial charge in [0.1, 0.15) is 10.1 Å². The third-order valence-electron chi connectivity index (χ3n) is 3.23. The van der Waals surface area contributed by atoms with Crippen molar-refractivity contribution in [3.63, 3.8) is 0 Å². The highest BCUT2D eigenvalue weighted by Gasteiger charge is 2.17. The number of nitrogens with one attached hydrogen (secondary N) is 1. The molecule has 1 fully saturated rings. The molecule has 0 spiro atoms. The Balaban J connectivity index is 1.66. The lowest BCUT2D eigenvalue weighted by molar-refractivity contribution is 0.222. The number of pyridine rings is 2. The quantitative estimate of drug-likeness (QED) is 0.945. The summed E-state index contributed by atoms with van der Waals surface area (Å²) >= 11 is 1.47. The molecule has 1 saturated heterocycles. The molecule has 5 nitrogen and oxygen atoms in total. The van der Waals surface area contributed by atoms with Crippen LogP contribution in [0.15, 0.2) is 52.8 Å². The molecule has 6 heteroatoms. The smallest absolute Gasteiger partial charge is 0.321 e. The zero-order valence-electron chi connectivity index (χ0n) is 11.5. The van der Waals surface area contributed by atoms with Gasteiger partial charge < -0.3 is 10.2 Å². The van der Waals surface area contributed by atoms with Gasteiger partial charge in [-0.05, 0) is 37.1 Å². The van der Waals surface area contributed by atoms with Crippen molar-refractivity contribution in [3.8, 4) is 0 Å². The Bertz CT molecular complexity index is 614. The summed E-state index contributed by atoms with van der Waals surface area (Å²) in [5.74, 6) is 0. The first-order valence-electron chi connectivity index (χ1n) is 6.92. The summed E-state index contributed by atoms with van der Waals surface area (Å²) in [4.78, 5) is 22.5. The highest BCUT2D eigenvalue weighted by molar-refractivity contribution is 7.99. The molecule has 0 unspecified atom stereocenters. The van der Waals surface area contributed by atoms with E-state index in [0.29, 0.717) is 0 Å². The van der Waals surface area contributed by atoms with Crippen LogP contribution >= 0.6 is 11.8 Å². The predicted octanol–water partition coefficient (Wildman–Crippen LogP) is 3.26. The molecule has 2 aromatic rings. The molecule has 2 amide bonds. The highest BCUT2D eigenvalue weighted by atomic mass is 32.2. The standard InChI is InChI=1S/C15H16N4OS/c20-15(19-9-3-4-10-19)18-12-6-8-17-14(11-12)21-13-5-1-2-7-16-13/h1-2,5-8,11H,3-4,9-10H2,(H,17,18,20). The van der Waals surface area contributed by atoms with Gasteiger partial charge in [0, 0.05) is 31.2 Å². The summed E-state index contributed by atoms with van der Waals surface area (Å²) < 4.78 is 0. The van der Waals surface area contributed by atoms with E-state index in [1.807, 2.05) is 29.2 Å². The third-order valence-corrected chi connectivity index (χ3v) is 4.11. The summed E-state index contributed by atoms with van der Waals surface area (Å²) in [5.41, 5.74) is 0.764. The maximum atomic E-state index is 12.1. The summed E-state index contributed by atoms with van der Waals surface area (Å²) in [7, 11) is 0. The molecule has 21 heavy (non-hydrogen) atoms. The van der Waals surface area contributed by atoms with E-state index in [4.69, 9.17) is 0 Å². The molecule has 3 heterocycles. The molecule has 1 N–H and O–H groups in total. The van der Waals surface area contributed by atoms with E-state index in [-0.39, 0.29) is 6.03 Å². The predicted molar refractivity (Wildman–Crippen MR) is 82.4 cm³/mol. The monoisotopic (exact) mass is 300 g/mol.